The molecule has 0 saturated carbocycles. The molecule has 2 rings (SSSR count). The summed E-state index contributed by atoms with van der Waals surface area (Å²) in [5, 5.41) is 9.00. The maximum absolute atomic E-state index is 11.6. The van der Waals surface area contributed by atoms with Crippen molar-refractivity contribution in [2.45, 2.75) is 6.54 Å². The van der Waals surface area contributed by atoms with Crippen molar-refractivity contribution in [1.82, 2.24) is 4.90 Å². The third kappa shape index (κ3) is 2.60. The Balaban J connectivity index is 2.14. The molecule has 0 unspecified atom stereocenters. The summed E-state index contributed by atoms with van der Waals surface area (Å²) in [6, 6.07) is 7.45. The predicted octanol–water partition coefficient (Wildman–Crippen LogP) is 0.926. The molecule has 0 atom stereocenters. The predicted molar refractivity (Wildman–Crippen MR) is 63.9 cm³/mol. The summed E-state index contributed by atoms with van der Waals surface area (Å²) in [4.78, 5) is 13.3. The standard InChI is InChI=1S/C13H14N2O3/c1-17-12-3-2-10(6-11(12)7-14)8-15-4-5-18-9-13(15)16/h2-3,6H,4-5,8-9H2,1H3. The Kier molecular flexibility index (Phi) is 3.80. The van der Waals surface area contributed by atoms with Gasteiger partial charge in [-0.3, -0.25) is 4.79 Å². The third-order valence-electron chi connectivity index (χ3n) is 2.84. The molecule has 1 aromatic carbocycles. The summed E-state index contributed by atoms with van der Waals surface area (Å²) in [7, 11) is 1.53. The van der Waals surface area contributed by atoms with Crippen LogP contribution >= 0.6 is 0 Å². The van der Waals surface area contributed by atoms with Crippen LogP contribution in [0.3, 0.4) is 0 Å². The fraction of sp³-hybridized carbons (Fsp3) is 0.385. The molecule has 1 aliphatic heterocycles. The fourth-order valence-corrected chi connectivity index (χ4v) is 1.88. The van der Waals surface area contributed by atoms with Crippen molar-refractivity contribution in [1.29, 1.82) is 5.26 Å². The van der Waals surface area contributed by atoms with Gasteiger partial charge < -0.3 is 14.4 Å². The summed E-state index contributed by atoms with van der Waals surface area (Å²) in [6.07, 6.45) is 0. The number of hydrogen-bond donors (Lipinski definition) is 0. The Morgan fingerprint density at radius 1 is 1.56 bits per heavy atom. The Labute approximate surface area is 106 Å². The Hall–Kier alpha value is -2.06. The van der Waals surface area contributed by atoms with Crippen LogP contribution in [0.2, 0.25) is 0 Å². The van der Waals surface area contributed by atoms with Gasteiger partial charge in [0, 0.05) is 13.1 Å². The molecule has 0 bridgehead atoms. The van der Waals surface area contributed by atoms with Crippen LogP contribution in [-0.4, -0.2) is 37.7 Å². The topological polar surface area (TPSA) is 62.6 Å². The van der Waals surface area contributed by atoms with Crippen LogP contribution in [0.1, 0.15) is 11.1 Å². The van der Waals surface area contributed by atoms with Crippen LogP contribution in [0, 0.1) is 11.3 Å². The zero-order chi connectivity index (χ0) is 13.0. The highest BCUT2D eigenvalue weighted by Crippen LogP contribution is 2.20. The quantitative estimate of drug-likeness (QED) is 0.795. The Bertz CT molecular complexity index is 493. The highest BCUT2D eigenvalue weighted by atomic mass is 16.5. The minimum atomic E-state index is -0.0180. The van der Waals surface area contributed by atoms with Gasteiger partial charge in [0.1, 0.15) is 18.4 Å². The Morgan fingerprint density at radius 2 is 2.39 bits per heavy atom. The maximum Gasteiger partial charge on any atom is 0.248 e. The van der Waals surface area contributed by atoms with Crippen LogP contribution in [-0.2, 0) is 16.1 Å². The number of hydrogen-bond acceptors (Lipinski definition) is 4. The van der Waals surface area contributed by atoms with Crippen molar-refractivity contribution >= 4 is 5.91 Å². The second-order valence-electron chi connectivity index (χ2n) is 4.01. The van der Waals surface area contributed by atoms with Crippen molar-refractivity contribution in [2.75, 3.05) is 26.9 Å². The third-order valence-corrected chi connectivity index (χ3v) is 2.84. The van der Waals surface area contributed by atoms with Gasteiger partial charge >= 0.3 is 0 Å². The van der Waals surface area contributed by atoms with Gasteiger partial charge in [0.2, 0.25) is 5.91 Å². The van der Waals surface area contributed by atoms with Gasteiger partial charge in [0.25, 0.3) is 0 Å². The highest BCUT2D eigenvalue weighted by Gasteiger charge is 2.18. The van der Waals surface area contributed by atoms with E-state index in [1.54, 1.807) is 17.0 Å². The number of amides is 1. The van der Waals surface area contributed by atoms with E-state index in [1.807, 2.05) is 6.07 Å². The van der Waals surface area contributed by atoms with Crippen LogP contribution in [0.15, 0.2) is 18.2 Å². The number of ether oxygens (including phenoxy) is 2. The molecule has 94 valence electrons. The van der Waals surface area contributed by atoms with Crippen molar-refractivity contribution < 1.29 is 14.3 Å². The molecular weight excluding hydrogens is 232 g/mol. The Morgan fingerprint density at radius 3 is 3.06 bits per heavy atom. The lowest BCUT2D eigenvalue weighted by molar-refractivity contribution is -0.143. The number of nitriles is 1. The SMILES string of the molecule is COc1ccc(CN2CCOCC2=O)cc1C#N. The zero-order valence-corrected chi connectivity index (χ0v) is 10.2. The van der Waals surface area contributed by atoms with E-state index in [9.17, 15) is 4.79 Å². The number of morpholine rings is 1. The van der Waals surface area contributed by atoms with E-state index >= 15 is 0 Å². The molecule has 1 fully saturated rings. The molecule has 1 amide bonds. The normalized spacial score (nSPS) is 15.3. The number of methoxy groups -OCH3 is 1. The van der Waals surface area contributed by atoms with Crippen molar-refractivity contribution in [2.24, 2.45) is 0 Å². The number of carbonyl (C=O) groups is 1. The highest BCUT2D eigenvalue weighted by molar-refractivity contribution is 5.78. The van der Waals surface area contributed by atoms with Crippen molar-refractivity contribution in [3.63, 3.8) is 0 Å². The summed E-state index contributed by atoms with van der Waals surface area (Å²) in [5.41, 5.74) is 1.40. The molecule has 0 N–H and O–H groups in total. The first-order chi connectivity index (χ1) is 8.74. The minimum absolute atomic E-state index is 0.0180. The molecule has 1 aliphatic rings. The van der Waals surface area contributed by atoms with Crippen LogP contribution in [0.5, 0.6) is 5.75 Å². The number of carbonyl (C=O) groups excluding carboxylic acids is 1. The molecule has 1 saturated heterocycles. The van der Waals surface area contributed by atoms with Crippen LogP contribution in [0.25, 0.3) is 0 Å². The van der Waals surface area contributed by atoms with Gasteiger partial charge in [-0.25, -0.2) is 0 Å². The molecule has 0 aromatic heterocycles. The van der Waals surface area contributed by atoms with Crippen molar-refractivity contribution in [3.05, 3.63) is 29.3 Å². The summed E-state index contributed by atoms with van der Waals surface area (Å²) in [5.74, 6) is 0.533. The summed E-state index contributed by atoms with van der Waals surface area (Å²) in [6.45, 7) is 1.79. The van der Waals surface area contributed by atoms with E-state index in [-0.39, 0.29) is 12.5 Å². The van der Waals surface area contributed by atoms with E-state index in [0.717, 1.165) is 5.56 Å². The fourth-order valence-electron chi connectivity index (χ4n) is 1.88. The summed E-state index contributed by atoms with van der Waals surface area (Å²) >= 11 is 0. The van der Waals surface area contributed by atoms with Gasteiger partial charge in [0.05, 0.1) is 19.3 Å². The first-order valence-corrected chi connectivity index (χ1v) is 5.67. The second kappa shape index (κ2) is 5.52. The van der Waals surface area contributed by atoms with Crippen LogP contribution < -0.4 is 4.74 Å². The molecule has 0 aliphatic carbocycles. The van der Waals surface area contributed by atoms with Gasteiger partial charge in [0.15, 0.2) is 0 Å². The largest absolute Gasteiger partial charge is 0.495 e. The molecule has 0 spiro atoms. The molecule has 0 radical (unpaired) electrons. The lowest BCUT2D eigenvalue weighted by Gasteiger charge is -2.26. The van der Waals surface area contributed by atoms with E-state index in [2.05, 4.69) is 6.07 Å². The van der Waals surface area contributed by atoms with E-state index in [1.165, 1.54) is 7.11 Å². The van der Waals surface area contributed by atoms with Gasteiger partial charge in [-0.1, -0.05) is 6.07 Å². The molecule has 5 nitrogen and oxygen atoms in total. The first kappa shape index (κ1) is 12.4. The van der Waals surface area contributed by atoms with E-state index in [4.69, 9.17) is 14.7 Å². The number of nitrogens with zero attached hydrogens (tertiary/aromatic N) is 2. The lowest BCUT2D eigenvalue weighted by atomic mass is 10.1. The lowest BCUT2D eigenvalue weighted by Crippen LogP contribution is -2.40. The van der Waals surface area contributed by atoms with Gasteiger partial charge in [-0.2, -0.15) is 5.26 Å². The van der Waals surface area contributed by atoms with Crippen LogP contribution in [0.4, 0.5) is 0 Å². The molecular formula is C13H14N2O3. The van der Waals surface area contributed by atoms with Gasteiger partial charge in [-0.15, -0.1) is 0 Å². The monoisotopic (exact) mass is 246 g/mol. The van der Waals surface area contributed by atoms with E-state index < -0.39 is 0 Å². The number of rotatable bonds is 3. The maximum atomic E-state index is 11.6. The molecule has 1 aromatic rings. The van der Waals surface area contributed by atoms with E-state index in [0.29, 0.717) is 31.0 Å². The minimum Gasteiger partial charge on any atom is -0.495 e. The average molecular weight is 246 g/mol. The first-order valence-electron chi connectivity index (χ1n) is 5.67. The number of benzene rings is 1. The smallest absolute Gasteiger partial charge is 0.248 e. The second-order valence-corrected chi connectivity index (χ2v) is 4.01. The molecule has 5 heteroatoms. The zero-order valence-electron chi connectivity index (χ0n) is 10.2. The molecule has 1 heterocycles. The van der Waals surface area contributed by atoms with Gasteiger partial charge in [-0.05, 0) is 17.7 Å². The molecule has 18 heavy (non-hydrogen) atoms. The average Bonchev–Trinajstić information content (AvgIpc) is 2.41. The summed E-state index contributed by atoms with van der Waals surface area (Å²) < 4.78 is 10.1. The van der Waals surface area contributed by atoms with Crippen molar-refractivity contribution in [3.8, 4) is 11.8 Å².